The maximum absolute atomic E-state index is 14.0. The van der Waals surface area contributed by atoms with Crippen LogP contribution in [0.5, 0.6) is 0 Å². The lowest BCUT2D eigenvalue weighted by molar-refractivity contribution is -0.135. The number of carboxylic acid groups (broad SMARTS) is 2. The van der Waals surface area contributed by atoms with Crippen molar-refractivity contribution < 1.29 is 24.6 Å². The third-order valence-corrected chi connectivity index (χ3v) is 6.74. The molecule has 35 heavy (non-hydrogen) atoms. The number of hydrogen-bond acceptors (Lipinski definition) is 4. The first-order valence-electron chi connectivity index (χ1n) is 12.1. The zero-order chi connectivity index (χ0) is 25.3. The van der Waals surface area contributed by atoms with E-state index in [-0.39, 0.29) is 0 Å². The van der Waals surface area contributed by atoms with E-state index in [1.54, 1.807) is 0 Å². The first kappa shape index (κ1) is 26.2. The Morgan fingerprint density at radius 2 is 1.34 bits per heavy atom. The zero-order valence-corrected chi connectivity index (χ0v) is 20.2. The second kappa shape index (κ2) is 12.3. The summed E-state index contributed by atoms with van der Waals surface area (Å²) in [7, 11) is 2.19. The molecule has 0 spiro atoms. The van der Waals surface area contributed by atoms with Crippen LogP contribution in [0.3, 0.4) is 0 Å². The molecule has 1 unspecified atom stereocenters. The molecule has 2 aliphatic rings. The number of hydrogen-bond donors (Lipinski definition) is 2. The average Bonchev–Trinajstić information content (AvgIpc) is 3.54. The third-order valence-electron chi connectivity index (χ3n) is 6.74. The van der Waals surface area contributed by atoms with Gasteiger partial charge in [-0.2, -0.15) is 0 Å². The van der Waals surface area contributed by atoms with Crippen molar-refractivity contribution in [2.75, 3.05) is 33.2 Å². The van der Waals surface area contributed by atoms with Gasteiger partial charge in [0.2, 0.25) is 5.91 Å². The fourth-order valence-corrected chi connectivity index (χ4v) is 5.14. The fourth-order valence-electron chi connectivity index (χ4n) is 5.14. The Labute approximate surface area is 206 Å². The molecule has 2 N–H and O–H groups in total. The van der Waals surface area contributed by atoms with Crippen molar-refractivity contribution in [1.29, 1.82) is 0 Å². The zero-order valence-electron chi connectivity index (χ0n) is 20.2. The molecule has 0 aliphatic carbocycles. The smallest absolute Gasteiger partial charge is 0.328 e. The Morgan fingerprint density at radius 1 is 0.857 bits per heavy atom. The van der Waals surface area contributed by atoms with Crippen LogP contribution in [-0.4, -0.2) is 71.1 Å². The van der Waals surface area contributed by atoms with Crippen LogP contribution < -0.4 is 0 Å². The molecule has 7 nitrogen and oxygen atoms in total. The first-order valence-corrected chi connectivity index (χ1v) is 12.1. The van der Waals surface area contributed by atoms with Crippen molar-refractivity contribution in [3.63, 3.8) is 0 Å². The van der Waals surface area contributed by atoms with Gasteiger partial charge in [-0.15, -0.1) is 0 Å². The molecule has 1 amide bonds. The maximum Gasteiger partial charge on any atom is 0.328 e. The molecule has 1 atom stereocenters. The van der Waals surface area contributed by atoms with Crippen molar-refractivity contribution >= 4 is 17.8 Å². The summed E-state index contributed by atoms with van der Waals surface area (Å²) in [5.74, 6) is -1.67. The number of amides is 1. The number of aliphatic carboxylic acids is 2. The summed E-state index contributed by atoms with van der Waals surface area (Å²) in [6.45, 7) is 3.99. The predicted octanol–water partition coefficient (Wildman–Crippen LogP) is 3.65. The normalized spacial score (nSPS) is 18.3. The Hall–Kier alpha value is -3.45. The van der Waals surface area contributed by atoms with Gasteiger partial charge in [0.1, 0.15) is 0 Å². The van der Waals surface area contributed by atoms with Crippen LogP contribution in [0.25, 0.3) is 0 Å². The lowest BCUT2D eigenvalue weighted by Crippen LogP contribution is -2.48. The van der Waals surface area contributed by atoms with E-state index >= 15 is 0 Å². The van der Waals surface area contributed by atoms with E-state index in [4.69, 9.17) is 10.2 Å². The highest BCUT2D eigenvalue weighted by atomic mass is 16.4. The molecule has 2 aromatic rings. The van der Waals surface area contributed by atoms with Crippen LogP contribution in [0.4, 0.5) is 0 Å². The summed E-state index contributed by atoms with van der Waals surface area (Å²) >= 11 is 0. The number of likely N-dealkylation sites (tertiary alicyclic amines) is 2. The van der Waals surface area contributed by atoms with Crippen LogP contribution >= 0.6 is 0 Å². The highest BCUT2D eigenvalue weighted by Gasteiger charge is 2.46. The molecule has 7 heteroatoms. The third kappa shape index (κ3) is 6.79. The van der Waals surface area contributed by atoms with Gasteiger partial charge in [0, 0.05) is 31.8 Å². The first-order chi connectivity index (χ1) is 16.8. The van der Waals surface area contributed by atoms with Crippen molar-refractivity contribution in [2.45, 2.75) is 31.1 Å². The summed E-state index contributed by atoms with van der Waals surface area (Å²) in [4.78, 5) is 37.7. The Bertz CT molecular complexity index is 961. The number of carbonyl (C=O) groups excluding carboxylic acids is 1. The lowest BCUT2D eigenvalue weighted by Gasteiger charge is -2.39. The number of benzene rings is 2. The van der Waals surface area contributed by atoms with E-state index in [1.807, 2.05) is 12.1 Å². The summed E-state index contributed by atoms with van der Waals surface area (Å²) in [6, 6.07) is 21.0. The van der Waals surface area contributed by atoms with E-state index in [0.717, 1.165) is 56.6 Å². The SMILES string of the molecule is CN1CCC(CC(C(=O)N2CCCC2)(c2ccccc2)c2ccccc2)C1.O=C(O)C=CC(=O)O. The van der Waals surface area contributed by atoms with Crippen LogP contribution in [0, 0.1) is 5.92 Å². The molecule has 2 aliphatic heterocycles. The second-order valence-electron chi connectivity index (χ2n) is 9.27. The maximum atomic E-state index is 14.0. The molecular weight excluding hydrogens is 444 g/mol. The minimum Gasteiger partial charge on any atom is -0.478 e. The number of rotatable bonds is 7. The van der Waals surface area contributed by atoms with Crippen molar-refractivity contribution in [3.05, 3.63) is 83.9 Å². The average molecular weight is 479 g/mol. The van der Waals surface area contributed by atoms with E-state index in [2.05, 4.69) is 65.4 Å². The molecule has 0 aromatic heterocycles. The number of nitrogens with zero attached hydrogens (tertiary/aromatic N) is 2. The van der Waals surface area contributed by atoms with Gasteiger partial charge in [-0.25, -0.2) is 9.59 Å². The largest absolute Gasteiger partial charge is 0.478 e. The molecule has 2 heterocycles. The second-order valence-corrected chi connectivity index (χ2v) is 9.27. The quantitative estimate of drug-likeness (QED) is 0.590. The van der Waals surface area contributed by atoms with Crippen LogP contribution in [0.15, 0.2) is 72.8 Å². The minimum absolute atomic E-state index is 0.298. The lowest BCUT2D eigenvalue weighted by atomic mass is 9.67. The Kier molecular flexibility index (Phi) is 9.20. The van der Waals surface area contributed by atoms with Gasteiger partial charge in [-0.05, 0) is 56.3 Å². The van der Waals surface area contributed by atoms with E-state index < -0.39 is 17.4 Å². The van der Waals surface area contributed by atoms with Gasteiger partial charge in [0.05, 0.1) is 5.41 Å². The van der Waals surface area contributed by atoms with Gasteiger partial charge in [-0.1, -0.05) is 60.7 Å². The Balaban J connectivity index is 0.000000371. The molecule has 0 bridgehead atoms. The molecule has 2 saturated heterocycles. The number of carbonyl (C=O) groups is 3. The summed E-state index contributed by atoms with van der Waals surface area (Å²) in [5, 5.41) is 15.6. The molecule has 186 valence electrons. The highest BCUT2D eigenvalue weighted by molar-refractivity contribution is 5.92. The number of carboxylic acids is 2. The van der Waals surface area contributed by atoms with Gasteiger partial charge in [-0.3, -0.25) is 4.79 Å². The van der Waals surface area contributed by atoms with Gasteiger partial charge < -0.3 is 20.0 Å². The monoisotopic (exact) mass is 478 g/mol. The molecule has 0 saturated carbocycles. The van der Waals surface area contributed by atoms with E-state index in [9.17, 15) is 14.4 Å². The highest BCUT2D eigenvalue weighted by Crippen LogP contribution is 2.42. The van der Waals surface area contributed by atoms with Crippen LogP contribution in [0.1, 0.15) is 36.8 Å². The molecule has 4 rings (SSSR count). The van der Waals surface area contributed by atoms with Crippen molar-refractivity contribution in [2.24, 2.45) is 5.92 Å². The van der Waals surface area contributed by atoms with Gasteiger partial charge in [0.25, 0.3) is 0 Å². The molecule has 0 radical (unpaired) electrons. The van der Waals surface area contributed by atoms with E-state index in [1.165, 1.54) is 6.42 Å². The fraction of sp³-hybridized carbons (Fsp3) is 0.393. The Morgan fingerprint density at radius 3 is 1.74 bits per heavy atom. The van der Waals surface area contributed by atoms with Crippen molar-refractivity contribution in [1.82, 2.24) is 9.80 Å². The van der Waals surface area contributed by atoms with Gasteiger partial charge >= 0.3 is 11.9 Å². The predicted molar refractivity (Wildman–Crippen MR) is 134 cm³/mol. The minimum atomic E-state index is -1.26. The van der Waals surface area contributed by atoms with E-state index in [0.29, 0.717) is 24.0 Å². The summed E-state index contributed by atoms with van der Waals surface area (Å²) < 4.78 is 0. The summed E-state index contributed by atoms with van der Waals surface area (Å²) in [6.07, 6.45) is 5.42. The van der Waals surface area contributed by atoms with Crippen LogP contribution in [-0.2, 0) is 19.8 Å². The summed E-state index contributed by atoms with van der Waals surface area (Å²) in [5.41, 5.74) is 1.70. The molecule has 2 fully saturated rings. The van der Waals surface area contributed by atoms with Crippen LogP contribution in [0.2, 0.25) is 0 Å². The standard InChI is InChI=1S/C24H30N2O.C4H4O4/c1-25-17-14-20(19-25)18-24(21-10-4-2-5-11-21,22-12-6-3-7-13-22)23(27)26-15-8-9-16-26;5-3(6)1-2-4(7)8/h2-7,10-13,20H,8-9,14-19H2,1H3;1-2H,(H,5,6)(H,7,8). The molecular formula is C28H34N2O5. The van der Waals surface area contributed by atoms with Crippen molar-refractivity contribution in [3.8, 4) is 0 Å². The molecule has 2 aromatic carbocycles. The van der Waals surface area contributed by atoms with Gasteiger partial charge in [0.15, 0.2) is 0 Å². The topological polar surface area (TPSA) is 98.2 Å².